The number of aromatic nitrogens is 2. The highest BCUT2D eigenvalue weighted by molar-refractivity contribution is 5.91. The standard InChI is InChI=1S/C19H20FN3O3/c1-14-9-11-22-23(14)12-2-10-21-19(24)18-8-7-17(26-18)13-25-16-5-3-15(20)4-6-16/h3-9,11H,2,10,12-13H2,1H3,(H,21,24). The zero-order valence-electron chi connectivity index (χ0n) is 14.4. The van der Waals surface area contributed by atoms with Crippen LogP contribution in [0.5, 0.6) is 5.75 Å². The van der Waals surface area contributed by atoms with Crippen molar-refractivity contribution in [3.63, 3.8) is 0 Å². The summed E-state index contributed by atoms with van der Waals surface area (Å²) in [6.07, 6.45) is 2.53. The number of rotatable bonds is 8. The predicted octanol–water partition coefficient (Wildman–Crippen LogP) is 3.32. The summed E-state index contributed by atoms with van der Waals surface area (Å²) in [7, 11) is 0. The van der Waals surface area contributed by atoms with Crippen LogP contribution in [0.4, 0.5) is 4.39 Å². The van der Waals surface area contributed by atoms with Crippen LogP contribution >= 0.6 is 0 Å². The van der Waals surface area contributed by atoms with Gasteiger partial charge in [0.15, 0.2) is 5.76 Å². The van der Waals surface area contributed by atoms with Gasteiger partial charge in [-0.3, -0.25) is 9.48 Å². The van der Waals surface area contributed by atoms with Crippen LogP contribution in [0.25, 0.3) is 0 Å². The number of ether oxygens (including phenoxy) is 1. The van der Waals surface area contributed by atoms with Gasteiger partial charge in [0, 0.05) is 25.0 Å². The maximum absolute atomic E-state index is 12.8. The summed E-state index contributed by atoms with van der Waals surface area (Å²) in [5.74, 6) is 0.694. The number of aryl methyl sites for hydroxylation is 2. The Bertz CT molecular complexity index is 855. The summed E-state index contributed by atoms with van der Waals surface area (Å²) >= 11 is 0. The summed E-state index contributed by atoms with van der Waals surface area (Å²) in [6, 6.07) is 10.9. The van der Waals surface area contributed by atoms with Gasteiger partial charge in [-0.2, -0.15) is 5.10 Å². The molecule has 0 saturated carbocycles. The highest BCUT2D eigenvalue weighted by Crippen LogP contribution is 2.15. The second-order valence-electron chi connectivity index (χ2n) is 5.81. The molecule has 2 aromatic heterocycles. The van der Waals surface area contributed by atoms with Gasteiger partial charge in [-0.05, 0) is 55.8 Å². The maximum Gasteiger partial charge on any atom is 0.286 e. The van der Waals surface area contributed by atoms with Crippen molar-refractivity contribution >= 4 is 5.91 Å². The van der Waals surface area contributed by atoms with E-state index in [0.717, 1.165) is 18.7 Å². The molecule has 0 aliphatic heterocycles. The lowest BCUT2D eigenvalue weighted by Gasteiger charge is -2.06. The molecule has 0 fully saturated rings. The smallest absolute Gasteiger partial charge is 0.286 e. The van der Waals surface area contributed by atoms with E-state index < -0.39 is 0 Å². The molecule has 2 heterocycles. The number of halogens is 1. The third kappa shape index (κ3) is 4.72. The minimum Gasteiger partial charge on any atom is -0.486 e. The van der Waals surface area contributed by atoms with Crippen LogP contribution < -0.4 is 10.1 Å². The Morgan fingerprint density at radius 2 is 2.04 bits per heavy atom. The van der Waals surface area contributed by atoms with E-state index in [4.69, 9.17) is 9.15 Å². The first-order valence-electron chi connectivity index (χ1n) is 8.35. The highest BCUT2D eigenvalue weighted by atomic mass is 19.1. The van der Waals surface area contributed by atoms with Crippen LogP contribution in [0, 0.1) is 12.7 Å². The molecule has 0 radical (unpaired) electrons. The number of benzene rings is 1. The SMILES string of the molecule is Cc1ccnn1CCCNC(=O)c1ccc(COc2ccc(F)cc2)o1. The van der Waals surface area contributed by atoms with Crippen molar-refractivity contribution in [2.24, 2.45) is 0 Å². The molecule has 1 amide bonds. The maximum atomic E-state index is 12.8. The van der Waals surface area contributed by atoms with Crippen molar-refractivity contribution in [1.82, 2.24) is 15.1 Å². The fourth-order valence-corrected chi connectivity index (χ4v) is 2.41. The lowest BCUT2D eigenvalue weighted by Crippen LogP contribution is -2.25. The van der Waals surface area contributed by atoms with Crippen molar-refractivity contribution < 1.29 is 18.3 Å². The second-order valence-corrected chi connectivity index (χ2v) is 5.81. The van der Waals surface area contributed by atoms with Gasteiger partial charge in [-0.15, -0.1) is 0 Å². The van der Waals surface area contributed by atoms with Gasteiger partial charge in [0.25, 0.3) is 5.91 Å². The van der Waals surface area contributed by atoms with Crippen LogP contribution in [0.3, 0.4) is 0 Å². The fraction of sp³-hybridized carbons (Fsp3) is 0.263. The normalized spacial score (nSPS) is 10.7. The molecule has 0 aliphatic carbocycles. The summed E-state index contributed by atoms with van der Waals surface area (Å²) in [5.41, 5.74) is 1.09. The quantitative estimate of drug-likeness (QED) is 0.628. The molecule has 1 aromatic carbocycles. The van der Waals surface area contributed by atoms with Crippen LogP contribution in [0.2, 0.25) is 0 Å². The number of furan rings is 1. The molecule has 3 rings (SSSR count). The monoisotopic (exact) mass is 357 g/mol. The number of nitrogens with one attached hydrogen (secondary N) is 1. The van der Waals surface area contributed by atoms with E-state index in [1.807, 2.05) is 17.7 Å². The first kappa shape index (κ1) is 17.7. The molecular formula is C19H20FN3O3. The average Bonchev–Trinajstić information content (AvgIpc) is 3.27. The fourth-order valence-electron chi connectivity index (χ4n) is 2.41. The van der Waals surface area contributed by atoms with Crippen LogP contribution in [0.15, 0.2) is 53.1 Å². The number of amides is 1. The van der Waals surface area contributed by atoms with E-state index in [0.29, 0.717) is 18.1 Å². The zero-order chi connectivity index (χ0) is 18.4. The number of nitrogens with zero attached hydrogens (tertiary/aromatic N) is 2. The summed E-state index contributed by atoms with van der Waals surface area (Å²) in [6.45, 7) is 3.43. The Kier molecular flexibility index (Phi) is 5.68. The van der Waals surface area contributed by atoms with E-state index in [1.165, 1.54) is 24.3 Å². The van der Waals surface area contributed by atoms with Crippen molar-refractivity contribution in [3.8, 4) is 5.75 Å². The molecule has 0 unspecified atom stereocenters. The van der Waals surface area contributed by atoms with Gasteiger partial charge in [0.2, 0.25) is 0 Å². The van der Waals surface area contributed by atoms with Gasteiger partial charge in [0.05, 0.1) is 0 Å². The van der Waals surface area contributed by atoms with E-state index in [9.17, 15) is 9.18 Å². The zero-order valence-corrected chi connectivity index (χ0v) is 14.4. The first-order valence-corrected chi connectivity index (χ1v) is 8.35. The topological polar surface area (TPSA) is 69.3 Å². The summed E-state index contributed by atoms with van der Waals surface area (Å²) in [4.78, 5) is 12.1. The number of hydrogen-bond acceptors (Lipinski definition) is 4. The molecule has 136 valence electrons. The van der Waals surface area contributed by atoms with Gasteiger partial charge in [0.1, 0.15) is 23.9 Å². The molecule has 6 nitrogen and oxygen atoms in total. The number of carbonyl (C=O) groups is 1. The number of carbonyl (C=O) groups excluding carboxylic acids is 1. The third-order valence-electron chi connectivity index (χ3n) is 3.84. The van der Waals surface area contributed by atoms with Gasteiger partial charge in [-0.25, -0.2) is 4.39 Å². The third-order valence-corrected chi connectivity index (χ3v) is 3.84. The lowest BCUT2D eigenvalue weighted by atomic mass is 10.3. The van der Waals surface area contributed by atoms with Crippen molar-refractivity contribution in [1.29, 1.82) is 0 Å². The summed E-state index contributed by atoms with van der Waals surface area (Å²) in [5, 5.41) is 7.01. The molecule has 0 saturated heterocycles. The van der Waals surface area contributed by atoms with Crippen LogP contribution in [0.1, 0.15) is 28.4 Å². The van der Waals surface area contributed by atoms with E-state index in [-0.39, 0.29) is 24.1 Å². The van der Waals surface area contributed by atoms with Crippen molar-refractivity contribution in [2.45, 2.75) is 26.5 Å². The molecule has 0 spiro atoms. The first-order chi connectivity index (χ1) is 12.6. The minimum atomic E-state index is -0.322. The molecule has 1 N–H and O–H groups in total. The van der Waals surface area contributed by atoms with Gasteiger partial charge >= 0.3 is 0 Å². The molecule has 0 atom stereocenters. The Labute approximate surface area is 150 Å². The Hall–Kier alpha value is -3.09. The predicted molar refractivity (Wildman–Crippen MR) is 93.4 cm³/mol. The molecule has 7 heteroatoms. The molecular weight excluding hydrogens is 337 g/mol. The van der Waals surface area contributed by atoms with E-state index >= 15 is 0 Å². The lowest BCUT2D eigenvalue weighted by molar-refractivity contribution is 0.0921. The minimum absolute atomic E-state index is 0.164. The van der Waals surface area contributed by atoms with E-state index in [1.54, 1.807) is 18.3 Å². The van der Waals surface area contributed by atoms with Crippen molar-refractivity contribution in [3.05, 3.63) is 71.7 Å². The van der Waals surface area contributed by atoms with Crippen LogP contribution in [-0.4, -0.2) is 22.2 Å². The molecule has 3 aromatic rings. The molecule has 0 aliphatic rings. The van der Waals surface area contributed by atoms with Crippen LogP contribution in [-0.2, 0) is 13.2 Å². The largest absolute Gasteiger partial charge is 0.486 e. The Morgan fingerprint density at radius 1 is 1.23 bits per heavy atom. The molecule has 0 bridgehead atoms. The Balaban J connectivity index is 1.42. The van der Waals surface area contributed by atoms with Gasteiger partial charge < -0.3 is 14.5 Å². The highest BCUT2D eigenvalue weighted by Gasteiger charge is 2.11. The van der Waals surface area contributed by atoms with E-state index in [2.05, 4.69) is 10.4 Å². The van der Waals surface area contributed by atoms with Gasteiger partial charge in [-0.1, -0.05) is 0 Å². The van der Waals surface area contributed by atoms with Crippen molar-refractivity contribution in [2.75, 3.05) is 6.54 Å². The summed E-state index contributed by atoms with van der Waals surface area (Å²) < 4.78 is 25.7. The second kappa shape index (κ2) is 8.33. The molecule has 26 heavy (non-hydrogen) atoms. The number of hydrogen-bond donors (Lipinski definition) is 1. The average molecular weight is 357 g/mol. The Morgan fingerprint density at radius 3 is 2.77 bits per heavy atom.